The number of nitrogens with two attached hydrogens (primary N) is 1. The van der Waals surface area contributed by atoms with Crippen molar-refractivity contribution in [3.63, 3.8) is 0 Å². The third kappa shape index (κ3) is 4.98. The minimum absolute atomic E-state index is 0.00546. The van der Waals surface area contributed by atoms with Crippen LogP contribution in [0.25, 0.3) is 0 Å². The van der Waals surface area contributed by atoms with E-state index in [-0.39, 0.29) is 30.4 Å². The molecule has 0 aliphatic carbocycles. The predicted octanol–water partition coefficient (Wildman–Crippen LogP) is 0.0561. The van der Waals surface area contributed by atoms with E-state index in [0.717, 1.165) is 5.75 Å². The first-order valence-electron chi connectivity index (χ1n) is 4.20. The quantitative estimate of drug-likeness (QED) is 0.558. The van der Waals surface area contributed by atoms with E-state index < -0.39 is 0 Å². The first-order valence-corrected chi connectivity index (χ1v) is 5.25. The zero-order valence-electron chi connectivity index (χ0n) is 7.73. The number of aliphatic hydroxyl groups excluding tert-OH is 2. The van der Waals surface area contributed by atoms with E-state index in [4.69, 9.17) is 15.9 Å². The summed E-state index contributed by atoms with van der Waals surface area (Å²) < 4.78 is 0. The fraction of sp³-hybridized carbons (Fsp3) is 1.00. The molecule has 74 valence electrons. The Labute approximate surface area is 78.3 Å². The number of hydrogen-bond donors (Lipinski definition) is 3. The van der Waals surface area contributed by atoms with Gasteiger partial charge in [-0.1, -0.05) is 6.92 Å². The van der Waals surface area contributed by atoms with Gasteiger partial charge in [0.2, 0.25) is 0 Å². The maximum Gasteiger partial charge on any atom is 0.0564 e. The molecular weight excluding hydrogens is 174 g/mol. The van der Waals surface area contributed by atoms with Crippen LogP contribution in [0.5, 0.6) is 0 Å². The van der Waals surface area contributed by atoms with Gasteiger partial charge in [-0.05, 0) is 18.6 Å². The van der Waals surface area contributed by atoms with Crippen molar-refractivity contribution in [2.75, 3.05) is 19.0 Å². The molecular formula is C8H19NO2S. The Hall–Kier alpha value is 0.230. The second-order valence-electron chi connectivity index (χ2n) is 3.20. The Morgan fingerprint density at radius 1 is 1.25 bits per heavy atom. The highest BCUT2D eigenvalue weighted by Crippen LogP contribution is 2.16. The average molecular weight is 193 g/mol. The lowest BCUT2D eigenvalue weighted by atomic mass is 10.2. The third-order valence-electron chi connectivity index (χ3n) is 1.67. The molecule has 0 saturated heterocycles. The second kappa shape index (κ2) is 6.71. The van der Waals surface area contributed by atoms with E-state index >= 15 is 0 Å². The fourth-order valence-electron chi connectivity index (χ4n) is 0.711. The van der Waals surface area contributed by atoms with Gasteiger partial charge in [-0.15, -0.1) is 0 Å². The van der Waals surface area contributed by atoms with Gasteiger partial charge in [-0.3, -0.25) is 0 Å². The third-order valence-corrected chi connectivity index (χ3v) is 3.44. The molecule has 0 radical (unpaired) electrons. The molecule has 0 saturated carbocycles. The van der Waals surface area contributed by atoms with Crippen molar-refractivity contribution in [1.29, 1.82) is 0 Å². The Balaban J connectivity index is 3.58. The highest BCUT2D eigenvalue weighted by Gasteiger charge is 2.13. The summed E-state index contributed by atoms with van der Waals surface area (Å²) in [6.45, 7) is 4.17. The Bertz CT molecular complexity index is 111. The lowest BCUT2D eigenvalue weighted by Gasteiger charge is -2.19. The summed E-state index contributed by atoms with van der Waals surface area (Å²) in [7, 11) is 0. The van der Waals surface area contributed by atoms with Gasteiger partial charge in [-0.25, -0.2) is 0 Å². The Morgan fingerprint density at radius 2 is 1.83 bits per heavy atom. The van der Waals surface area contributed by atoms with E-state index in [2.05, 4.69) is 0 Å². The molecule has 3 unspecified atom stereocenters. The zero-order valence-corrected chi connectivity index (χ0v) is 8.55. The first kappa shape index (κ1) is 12.2. The first-order chi connectivity index (χ1) is 5.61. The Morgan fingerprint density at radius 3 is 2.17 bits per heavy atom. The molecule has 4 N–H and O–H groups in total. The van der Waals surface area contributed by atoms with Crippen molar-refractivity contribution in [3.05, 3.63) is 0 Å². The Kier molecular flexibility index (Phi) is 6.84. The summed E-state index contributed by atoms with van der Waals surface area (Å²) >= 11 is 1.63. The van der Waals surface area contributed by atoms with Crippen molar-refractivity contribution in [1.82, 2.24) is 0 Å². The highest BCUT2D eigenvalue weighted by atomic mass is 32.2. The van der Waals surface area contributed by atoms with Crippen molar-refractivity contribution < 1.29 is 10.2 Å². The van der Waals surface area contributed by atoms with Gasteiger partial charge in [0.15, 0.2) is 0 Å². The molecule has 0 aliphatic heterocycles. The standard InChI is InChI=1S/C8H19NO2S/c1-6(3-10)5-12-8(4-11)7(2)9/h6-8,10-11H,3-5,9H2,1-2H3. The minimum atomic E-state index is 0.00546. The van der Waals surface area contributed by atoms with Crippen LogP contribution in [0.15, 0.2) is 0 Å². The number of rotatable bonds is 6. The van der Waals surface area contributed by atoms with E-state index in [0.29, 0.717) is 0 Å². The number of thioether (sulfide) groups is 1. The molecule has 0 aromatic heterocycles. The van der Waals surface area contributed by atoms with Crippen molar-refractivity contribution in [2.24, 2.45) is 11.7 Å². The molecule has 0 fully saturated rings. The minimum Gasteiger partial charge on any atom is -0.396 e. The fourth-order valence-corrected chi connectivity index (χ4v) is 1.80. The van der Waals surface area contributed by atoms with Crippen LogP contribution < -0.4 is 5.73 Å². The van der Waals surface area contributed by atoms with Crippen LogP contribution in [-0.4, -0.2) is 40.5 Å². The topological polar surface area (TPSA) is 66.5 Å². The van der Waals surface area contributed by atoms with Crippen LogP contribution in [0.4, 0.5) is 0 Å². The molecule has 3 nitrogen and oxygen atoms in total. The van der Waals surface area contributed by atoms with Crippen molar-refractivity contribution in [2.45, 2.75) is 25.1 Å². The molecule has 4 heteroatoms. The van der Waals surface area contributed by atoms with Gasteiger partial charge in [0.05, 0.1) is 6.61 Å². The number of hydrogen-bond acceptors (Lipinski definition) is 4. The van der Waals surface area contributed by atoms with Crippen molar-refractivity contribution in [3.8, 4) is 0 Å². The van der Waals surface area contributed by atoms with Crippen LogP contribution in [0.3, 0.4) is 0 Å². The summed E-state index contributed by atoms with van der Waals surface area (Å²) in [6, 6.07) is 0.00546. The molecule has 0 aromatic rings. The van der Waals surface area contributed by atoms with E-state index in [1.165, 1.54) is 0 Å². The maximum absolute atomic E-state index is 8.92. The van der Waals surface area contributed by atoms with Gasteiger partial charge in [0, 0.05) is 17.9 Å². The predicted molar refractivity (Wildman–Crippen MR) is 53.2 cm³/mol. The normalized spacial score (nSPS) is 18.8. The molecule has 0 bridgehead atoms. The monoisotopic (exact) mass is 193 g/mol. The molecule has 0 aromatic carbocycles. The SMILES string of the molecule is CC(CO)CSC(CO)C(C)N. The maximum atomic E-state index is 8.92. The molecule has 0 aliphatic rings. The largest absolute Gasteiger partial charge is 0.396 e. The van der Waals surface area contributed by atoms with E-state index in [9.17, 15) is 0 Å². The van der Waals surface area contributed by atoms with Crippen LogP contribution in [0.1, 0.15) is 13.8 Å². The molecule has 0 amide bonds. The molecule has 0 spiro atoms. The summed E-state index contributed by atoms with van der Waals surface area (Å²) in [5, 5.41) is 17.8. The lowest BCUT2D eigenvalue weighted by molar-refractivity contribution is 0.249. The van der Waals surface area contributed by atoms with Crippen LogP contribution in [0.2, 0.25) is 0 Å². The van der Waals surface area contributed by atoms with Gasteiger partial charge in [0.1, 0.15) is 0 Å². The van der Waals surface area contributed by atoms with Crippen molar-refractivity contribution >= 4 is 11.8 Å². The summed E-state index contributed by atoms with van der Waals surface area (Å²) in [5.74, 6) is 1.13. The zero-order chi connectivity index (χ0) is 9.56. The summed E-state index contributed by atoms with van der Waals surface area (Å²) in [6.07, 6.45) is 0. The van der Waals surface area contributed by atoms with E-state index in [1.807, 2.05) is 13.8 Å². The molecule has 12 heavy (non-hydrogen) atoms. The number of aliphatic hydroxyl groups is 2. The molecule has 0 rings (SSSR count). The van der Waals surface area contributed by atoms with Crippen LogP contribution in [-0.2, 0) is 0 Å². The smallest absolute Gasteiger partial charge is 0.0564 e. The van der Waals surface area contributed by atoms with Gasteiger partial charge < -0.3 is 15.9 Å². The average Bonchev–Trinajstić information content (AvgIpc) is 2.04. The highest BCUT2D eigenvalue weighted by molar-refractivity contribution is 8.00. The van der Waals surface area contributed by atoms with Crippen LogP contribution >= 0.6 is 11.8 Å². The summed E-state index contributed by atoms with van der Waals surface area (Å²) in [4.78, 5) is 0. The molecule has 3 atom stereocenters. The van der Waals surface area contributed by atoms with Gasteiger partial charge >= 0.3 is 0 Å². The van der Waals surface area contributed by atoms with Gasteiger partial charge in [0.25, 0.3) is 0 Å². The van der Waals surface area contributed by atoms with Crippen LogP contribution in [0, 0.1) is 5.92 Å². The second-order valence-corrected chi connectivity index (χ2v) is 4.47. The summed E-state index contributed by atoms with van der Waals surface area (Å²) in [5.41, 5.74) is 5.63. The lowest BCUT2D eigenvalue weighted by Crippen LogP contribution is -2.32. The van der Waals surface area contributed by atoms with E-state index in [1.54, 1.807) is 11.8 Å². The molecule has 0 heterocycles. The van der Waals surface area contributed by atoms with Gasteiger partial charge in [-0.2, -0.15) is 11.8 Å².